The molecule has 4 aromatic rings. The Morgan fingerprint density at radius 3 is 2.57 bits per heavy atom. The minimum Gasteiger partial charge on any atom is -0.383 e. The van der Waals surface area contributed by atoms with E-state index in [0.29, 0.717) is 36.6 Å². The van der Waals surface area contributed by atoms with Gasteiger partial charge in [0.15, 0.2) is 0 Å². The number of alkyl halides is 3. The molecule has 0 saturated carbocycles. The normalized spacial score (nSPS) is 15.6. The second-order valence-corrected chi connectivity index (χ2v) is 10.0. The fourth-order valence-electron chi connectivity index (χ4n) is 4.35. The van der Waals surface area contributed by atoms with E-state index in [4.69, 9.17) is 0 Å². The molecule has 0 radical (unpaired) electrons. The zero-order valence-corrected chi connectivity index (χ0v) is 20.6. The summed E-state index contributed by atoms with van der Waals surface area (Å²) >= 11 is 1.37. The lowest BCUT2D eigenvalue weighted by molar-refractivity contribution is -0.141. The molecular weight excluding hydrogens is 506 g/mol. The van der Waals surface area contributed by atoms with Crippen LogP contribution in [-0.2, 0) is 11.8 Å². The van der Waals surface area contributed by atoms with Gasteiger partial charge in [-0.15, -0.1) is 11.3 Å². The van der Waals surface area contributed by atoms with E-state index in [1.165, 1.54) is 23.5 Å². The van der Waals surface area contributed by atoms with Gasteiger partial charge in [-0.3, -0.25) is 0 Å². The monoisotopic (exact) mass is 529 g/mol. The second kappa shape index (κ2) is 9.71. The highest BCUT2D eigenvalue weighted by molar-refractivity contribution is 7.15. The van der Waals surface area contributed by atoms with Gasteiger partial charge in [-0.1, -0.05) is 12.1 Å². The van der Waals surface area contributed by atoms with Gasteiger partial charge < -0.3 is 15.3 Å². The van der Waals surface area contributed by atoms with Crippen LogP contribution in [0.4, 0.5) is 34.9 Å². The number of thiazole rings is 1. The lowest BCUT2D eigenvalue weighted by Gasteiger charge is -2.38. The van der Waals surface area contributed by atoms with Crippen LogP contribution in [0.2, 0.25) is 0 Å². The molecule has 0 atom stereocenters. The molecule has 11 heteroatoms. The Kier molecular flexibility index (Phi) is 6.59. The van der Waals surface area contributed by atoms with Crippen LogP contribution in [0.25, 0.3) is 10.4 Å². The largest absolute Gasteiger partial charge is 0.433 e. The molecule has 6 nitrogen and oxygen atoms in total. The van der Waals surface area contributed by atoms with Gasteiger partial charge in [0.1, 0.15) is 22.1 Å². The van der Waals surface area contributed by atoms with Gasteiger partial charge in [0.25, 0.3) is 0 Å². The van der Waals surface area contributed by atoms with Crippen LogP contribution in [0.1, 0.15) is 29.1 Å². The van der Waals surface area contributed by atoms with E-state index >= 15 is 0 Å². The van der Waals surface area contributed by atoms with Crippen molar-refractivity contribution in [1.29, 1.82) is 0 Å². The van der Waals surface area contributed by atoms with Crippen LogP contribution in [0.15, 0.2) is 60.9 Å². The first-order valence-electron chi connectivity index (χ1n) is 11.6. The minimum absolute atomic E-state index is 0.157. The van der Waals surface area contributed by atoms with Crippen molar-refractivity contribution in [3.8, 4) is 10.4 Å². The molecule has 2 aromatic heterocycles. The van der Waals surface area contributed by atoms with Gasteiger partial charge in [-0.2, -0.15) is 13.2 Å². The number of aryl methyl sites for hydroxylation is 1. The number of benzene rings is 2. The Morgan fingerprint density at radius 1 is 1.05 bits per heavy atom. The SMILES string of the molecule is Cc1cc(Nc2nccc(C(F)(F)F)n2)cc(-c2cnc(C3(O)CCN(c4cccc(F)c4)CC3)s2)c1. The van der Waals surface area contributed by atoms with Crippen molar-refractivity contribution >= 4 is 28.7 Å². The summed E-state index contributed by atoms with van der Waals surface area (Å²) in [5.74, 6) is -0.453. The Labute approximate surface area is 214 Å². The van der Waals surface area contributed by atoms with E-state index in [-0.39, 0.29) is 11.8 Å². The van der Waals surface area contributed by atoms with Crippen LogP contribution in [-0.4, -0.2) is 33.1 Å². The number of aliphatic hydroxyl groups is 1. The number of hydrogen-bond acceptors (Lipinski definition) is 7. The lowest BCUT2D eigenvalue weighted by atomic mass is 9.92. The maximum absolute atomic E-state index is 13.6. The summed E-state index contributed by atoms with van der Waals surface area (Å²) in [7, 11) is 0. The van der Waals surface area contributed by atoms with Crippen molar-refractivity contribution in [2.75, 3.05) is 23.3 Å². The summed E-state index contributed by atoms with van der Waals surface area (Å²) in [6.07, 6.45) is -0.918. The van der Waals surface area contributed by atoms with Crippen molar-refractivity contribution in [1.82, 2.24) is 15.0 Å². The number of anilines is 3. The van der Waals surface area contributed by atoms with Gasteiger partial charge in [0, 0.05) is 49.7 Å². The quantitative estimate of drug-likeness (QED) is 0.296. The van der Waals surface area contributed by atoms with Crippen molar-refractivity contribution in [3.05, 3.63) is 83.0 Å². The Hall–Kier alpha value is -3.57. The lowest BCUT2D eigenvalue weighted by Crippen LogP contribution is -2.42. The molecule has 3 heterocycles. The molecule has 1 saturated heterocycles. The third-order valence-electron chi connectivity index (χ3n) is 6.23. The first-order valence-corrected chi connectivity index (χ1v) is 12.4. The maximum atomic E-state index is 13.6. The van der Waals surface area contributed by atoms with Crippen LogP contribution in [0, 0.1) is 12.7 Å². The van der Waals surface area contributed by atoms with Crippen LogP contribution >= 0.6 is 11.3 Å². The highest BCUT2D eigenvalue weighted by atomic mass is 32.1. The van der Waals surface area contributed by atoms with Gasteiger partial charge in [0.05, 0.1) is 4.88 Å². The van der Waals surface area contributed by atoms with E-state index in [0.717, 1.165) is 34.0 Å². The predicted octanol–water partition coefficient (Wildman–Crippen LogP) is 6.30. The topological polar surface area (TPSA) is 74.2 Å². The summed E-state index contributed by atoms with van der Waals surface area (Å²) in [5.41, 5.74) is 0.881. The van der Waals surface area contributed by atoms with Gasteiger partial charge in [-0.05, 0) is 54.4 Å². The van der Waals surface area contributed by atoms with Gasteiger partial charge in [-0.25, -0.2) is 19.3 Å². The van der Waals surface area contributed by atoms with E-state index < -0.39 is 17.5 Å². The third-order valence-corrected chi connectivity index (χ3v) is 7.47. The Morgan fingerprint density at radius 2 is 1.84 bits per heavy atom. The molecule has 5 rings (SSSR count). The second-order valence-electron chi connectivity index (χ2n) is 9.00. The molecule has 1 aliphatic heterocycles. The maximum Gasteiger partial charge on any atom is 0.433 e. The fourth-order valence-corrected chi connectivity index (χ4v) is 5.40. The molecular formula is C26H23F4N5OS. The first kappa shape index (κ1) is 25.1. The summed E-state index contributed by atoms with van der Waals surface area (Å²) in [4.78, 5) is 14.8. The molecule has 1 fully saturated rings. The van der Waals surface area contributed by atoms with E-state index in [1.54, 1.807) is 24.4 Å². The third kappa shape index (κ3) is 5.57. The molecule has 0 amide bonds. The summed E-state index contributed by atoms with van der Waals surface area (Å²) in [5, 5.41) is 14.8. The van der Waals surface area contributed by atoms with E-state index in [2.05, 4.69) is 20.3 Å². The standard InChI is InChI=1S/C26H23F4N5OS/c1-16-11-17(13-19(12-16)33-24-31-8-5-22(34-24)26(28,29)30)21-15-32-23(37-21)25(36)6-9-35(10-7-25)20-4-2-3-18(27)14-20/h2-5,8,11-15,36H,6-7,9-10H2,1H3,(H,31,33,34). The number of hydrogen-bond donors (Lipinski definition) is 2. The molecule has 37 heavy (non-hydrogen) atoms. The molecule has 0 spiro atoms. The van der Waals surface area contributed by atoms with E-state index in [1.807, 2.05) is 24.0 Å². The number of piperidine rings is 1. The number of halogens is 4. The van der Waals surface area contributed by atoms with E-state index in [9.17, 15) is 22.7 Å². The fraction of sp³-hybridized carbons (Fsp3) is 0.269. The predicted molar refractivity (Wildman–Crippen MR) is 134 cm³/mol. The Balaban J connectivity index is 1.33. The molecule has 2 N–H and O–H groups in total. The highest BCUT2D eigenvalue weighted by Crippen LogP contribution is 2.40. The zero-order chi connectivity index (χ0) is 26.2. The number of aromatic nitrogens is 3. The molecule has 0 bridgehead atoms. The van der Waals surface area contributed by atoms with Crippen LogP contribution < -0.4 is 10.2 Å². The van der Waals surface area contributed by atoms with Crippen molar-refractivity contribution in [3.63, 3.8) is 0 Å². The average molecular weight is 530 g/mol. The molecule has 192 valence electrons. The number of nitrogens with zero attached hydrogens (tertiary/aromatic N) is 4. The first-order chi connectivity index (χ1) is 17.6. The van der Waals surface area contributed by atoms with Crippen LogP contribution in [0.5, 0.6) is 0 Å². The van der Waals surface area contributed by atoms with Crippen molar-refractivity contribution < 1.29 is 22.7 Å². The molecule has 2 aromatic carbocycles. The zero-order valence-electron chi connectivity index (χ0n) is 19.8. The number of nitrogens with one attached hydrogen (secondary N) is 1. The van der Waals surface area contributed by atoms with Gasteiger partial charge >= 0.3 is 6.18 Å². The highest BCUT2D eigenvalue weighted by Gasteiger charge is 2.37. The van der Waals surface area contributed by atoms with Crippen LogP contribution in [0.3, 0.4) is 0 Å². The van der Waals surface area contributed by atoms with Crippen molar-refractivity contribution in [2.24, 2.45) is 0 Å². The van der Waals surface area contributed by atoms with Crippen molar-refractivity contribution in [2.45, 2.75) is 31.5 Å². The Bertz CT molecular complexity index is 1420. The average Bonchev–Trinajstić information content (AvgIpc) is 3.35. The minimum atomic E-state index is -4.57. The summed E-state index contributed by atoms with van der Waals surface area (Å²) < 4.78 is 52.6. The molecule has 0 unspecified atom stereocenters. The van der Waals surface area contributed by atoms with Gasteiger partial charge in [0.2, 0.25) is 5.95 Å². The summed E-state index contributed by atoms with van der Waals surface area (Å²) in [6, 6.07) is 12.7. The number of rotatable bonds is 5. The molecule has 1 aliphatic rings. The summed E-state index contributed by atoms with van der Waals surface area (Å²) in [6.45, 7) is 2.99. The smallest absolute Gasteiger partial charge is 0.383 e. The molecule has 0 aliphatic carbocycles.